The maximum absolute atomic E-state index is 11.0. The van der Waals surface area contributed by atoms with E-state index in [0.717, 1.165) is 5.56 Å². The van der Waals surface area contributed by atoms with E-state index in [0.29, 0.717) is 11.4 Å². The number of rotatable bonds is 3. The molecule has 0 bridgehead atoms. The van der Waals surface area contributed by atoms with E-state index in [4.69, 9.17) is 11.6 Å². The van der Waals surface area contributed by atoms with Gasteiger partial charge in [0.2, 0.25) is 0 Å². The van der Waals surface area contributed by atoms with E-state index < -0.39 is 0 Å². The first-order valence-corrected chi connectivity index (χ1v) is 4.83. The number of ether oxygens (including phenoxy) is 1. The summed E-state index contributed by atoms with van der Waals surface area (Å²) in [7, 11) is 1.40. The van der Waals surface area contributed by atoms with Gasteiger partial charge in [0.15, 0.2) is 0 Å². The second-order valence-corrected chi connectivity index (χ2v) is 3.67. The summed E-state index contributed by atoms with van der Waals surface area (Å²) < 4.78 is 4.60. The summed E-state index contributed by atoms with van der Waals surface area (Å²) >= 11 is 5.76. The molecule has 0 spiro atoms. The third-order valence-corrected chi connectivity index (χ3v) is 2.39. The van der Waals surface area contributed by atoms with Crippen LogP contribution in [0.3, 0.4) is 0 Å². The second-order valence-electron chi connectivity index (χ2n) is 3.23. The van der Waals surface area contributed by atoms with Crippen molar-refractivity contribution in [1.29, 1.82) is 0 Å². The van der Waals surface area contributed by atoms with Gasteiger partial charge in [-0.05, 0) is 23.6 Å². The van der Waals surface area contributed by atoms with Crippen LogP contribution in [0.2, 0.25) is 5.02 Å². The number of carbonyl (C=O) groups excluding carboxylic acids is 1. The zero-order valence-electron chi connectivity index (χ0n) is 8.29. The van der Waals surface area contributed by atoms with Crippen LogP contribution in [0.15, 0.2) is 24.3 Å². The van der Waals surface area contributed by atoms with Gasteiger partial charge < -0.3 is 4.74 Å². The summed E-state index contributed by atoms with van der Waals surface area (Å²) in [6.45, 7) is 1.99. The van der Waals surface area contributed by atoms with Crippen LogP contribution in [0.1, 0.15) is 32.3 Å². The van der Waals surface area contributed by atoms with Gasteiger partial charge in [-0.3, -0.25) is 4.79 Å². The maximum Gasteiger partial charge on any atom is 0.306 e. The molecule has 0 aliphatic heterocycles. The lowest BCUT2D eigenvalue weighted by molar-refractivity contribution is -0.140. The maximum atomic E-state index is 11.0. The topological polar surface area (TPSA) is 26.3 Å². The fraction of sp³-hybridized carbons (Fsp3) is 0.417. The van der Waals surface area contributed by atoms with Gasteiger partial charge >= 0.3 is 5.97 Å². The SMILES string of the molecule is C.COC(=O)CC(C)c1ccc(Cl)cc1. The highest BCUT2D eigenvalue weighted by atomic mass is 35.5. The minimum Gasteiger partial charge on any atom is -0.469 e. The second kappa shape index (κ2) is 6.46. The molecular formula is C12H17ClO2. The Labute approximate surface area is 96.2 Å². The lowest BCUT2D eigenvalue weighted by Crippen LogP contribution is -2.05. The molecule has 2 nitrogen and oxygen atoms in total. The molecule has 0 radical (unpaired) electrons. The van der Waals surface area contributed by atoms with Gasteiger partial charge in [-0.15, -0.1) is 0 Å². The summed E-state index contributed by atoms with van der Waals surface area (Å²) in [6, 6.07) is 7.50. The molecule has 0 amide bonds. The van der Waals surface area contributed by atoms with E-state index in [1.54, 1.807) is 0 Å². The lowest BCUT2D eigenvalue weighted by Gasteiger charge is -2.09. The summed E-state index contributed by atoms with van der Waals surface area (Å²) in [5, 5.41) is 0.707. The Morgan fingerprint density at radius 2 is 1.93 bits per heavy atom. The number of carbonyl (C=O) groups is 1. The van der Waals surface area contributed by atoms with Gasteiger partial charge in [0.1, 0.15) is 0 Å². The average Bonchev–Trinajstić information content (AvgIpc) is 2.18. The fourth-order valence-corrected chi connectivity index (χ4v) is 1.37. The molecule has 1 rings (SSSR count). The number of benzene rings is 1. The highest BCUT2D eigenvalue weighted by Crippen LogP contribution is 2.21. The standard InChI is InChI=1S/C11H13ClO2.CH4/c1-8(7-11(13)14-2)9-3-5-10(12)6-4-9;/h3-6,8H,7H2,1-2H3;1H4. The highest BCUT2D eigenvalue weighted by molar-refractivity contribution is 6.30. The molecule has 1 aromatic rings. The summed E-state index contributed by atoms with van der Waals surface area (Å²) in [5.74, 6) is -0.0211. The Morgan fingerprint density at radius 1 is 1.40 bits per heavy atom. The Morgan fingerprint density at radius 3 is 2.40 bits per heavy atom. The third kappa shape index (κ3) is 4.34. The Bertz CT molecular complexity index is 306. The van der Waals surface area contributed by atoms with E-state index in [9.17, 15) is 4.79 Å². The van der Waals surface area contributed by atoms with Crippen LogP contribution in [-0.2, 0) is 9.53 Å². The number of esters is 1. The van der Waals surface area contributed by atoms with Crippen molar-refractivity contribution in [1.82, 2.24) is 0 Å². The summed E-state index contributed by atoms with van der Waals surface area (Å²) in [5.41, 5.74) is 1.10. The first-order valence-electron chi connectivity index (χ1n) is 4.45. The summed E-state index contributed by atoms with van der Waals surface area (Å²) in [4.78, 5) is 11.0. The van der Waals surface area contributed by atoms with Crippen LogP contribution in [-0.4, -0.2) is 13.1 Å². The summed E-state index contributed by atoms with van der Waals surface area (Å²) in [6.07, 6.45) is 0.401. The Hall–Kier alpha value is -1.02. The van der Waals surface area contributed by atoms with Gasteiger partial charge in [0, 0.05) is 5.02 Å². The molecule has 3 heteroatoms. The quantitative estimate of drug-likeness (QED) is 0.739. The molecule has 0 aliphatic carbocycles. The van der Waals surface area contributed by atoms with Crippen molar-refractivity contribution >= 4 is 17.6 Å². The van der Waals surface area contributed by atoms with Gasteiger partial charge in [-0.1, -0.05) is 38.1 Å². The van der Waals surface area contributed by atoms with E-state index in [1.807, 2.05) is 31.2 Å². The minimum atomic E-state index is -0.188. The van der Waals surface area contributed by atoms with Crippen LogP contribution in [0.5, 0.6) is 0 Å². The molecule has 0 aromatic heterocycles. The predicted molar refractivity (Wildman–Crippen MR) is 63.2 cm³/mol. The largest absolute Gasteiger partial charge is 0.469 e. The molecule has 1 aromatic carbocycles. The van der Waals surface area contributed by atoms with Crippen molar-refractivity contribution in [2.75, 3.05) is 7.11 Å². The van der Waals surface area contributed by atoms with Gasteiger partial charge in [0.25, 0.3) is 0 Å². The van der Waals surface area contributed by atoms with E-state index >= 15 is 0 Å². The molecule has 84 valence electrons. The predicted octanol–water partition coefficient (Wildman–Crippen LogP) is 3.64. The van der Waals surface area contributed by atoms with Crippen molar-refractivity contribution in [2.24, 2.45) is 0 Å². The van der Waals surface area contributed by atoms with Gasteiger partial charge in [-0.2, -0.15) is 0 Å². The van der Waals surface area contributed by atoms with Gasteiger partial charge in [0.05, 0.1) is 13.5 Å². The van der Waals surface area contributed by atoms with Crippen LogP contribution < -0.4 is 0 Å². The lowest BCUT2D eigenvalue weighted by atomic mass is 9.98. The molecule has 0 N–H and O–H groups in total. The normalized spacial score (nSPS) is 11.4. The van der Waals surface area contributed by atoms with Crippen molar-refractivity contribution in [3.05, 3.63) is 34.9 Å². The van der Waals surface area contributed by atoms with E-state index in [1.165, 1.54) is 7.11 Å². The number of hydrogen-bond donors (Lipinski definition) is 0. The molecule has 0 heterocycles. The zero-order chi connectivity index (χ0) is 10.6. The van der Waals surface area contributed by atoms with Crippen molar-refractivity contribution in [2.45, 2.75) is 26.7 Å². The van der Waals surface area contributed by atoms with Gasteiger partial charge in [-0.25, -0.2) is 0 Å². The monoisotopic (exact) mass is 228 g/mol. The average molecular weight is 229 g/mol. The molecule has 1 atom stereocenters. The Balaban J connectivity index is 0.00000196. The van der Waals surface area contributed by atoms with Crippen molar-refractivity contribution in [3.8, 4) is 0 Å². The molecule has 0 saturated carbocycles. The van der Waals surface area contributed by atoms with E-state index in [2.05, 4.69) is 4.74 Å². The van der Waals surface area contributed by atoms with Crippen LogP contribution in [0.25, 0.3) is 0 Å². The Kier molecular flexibility index (Phi) is 6.02. The number of halogens is 1. The first kappa shape index (κ1) is 14.0. The van der Waals surface area contributed by atoms with Crippen LogP contribution in [0.4, 0.5) is 0 Å². The van der Waals surface area contributed by atoms with Crippen LogP contribution >= 0.6 is 11.6 Å². The van der Waals surface area contributed by atoms with Crippen LogP contribution in [0, 0.1) is 0 Å². The molecule has 0 aliphatic rings. The van der Waals surface area contributed by atoms with Crippen molar-refractivity contribution < 1.29 is 9.53 Å². The first-order chi connectivity index (χ1) is 6.63. The smallest absolute Gasteiger partial charge is 0.306 e. The fourth-order valence-electron chi connectivity index (χ4n) is 1.24. The van der Waals surface area contributed by atoms with E-state index in [-0.39, 0.29) is 19.3 Å². The third-order valence-electron chi connectivity index (χ3n) is 2.14. The number of methoxy groups -OCH3 is 1. The molecule has 0 saturated heterocycles. The molecular weight excluding hydrogens is 212 g/mol. The minimum absolute atomic E-state index is 0. The zero-order valence-corrected chi connectivity index (χ0v) is 9.04. The number of hydrogen-bond acceptors (Lipinski definition) is 2. The highest BCUT2D eigenvalue weighted by Gasteiger charge is 2.10. The molecule has 0 fully saturated rings. The molecule has 1 unspecified atom stereocenters. The molecule has 15 heavy (non-hydrogen) atoms. The van der Waals surface area contributed by atoms with Crippen molar-refractivity contribution in [3.63, 3.8) is 0 Å².